The minimum atomic E-state index is 0.109. The summed E-state index contributed by atoms with van der Waals surface area (Å²) in [6, 6.07) is 10.2. The fraction of sp³-hybridized carbons (Fsp3) is 0.190. The van der Waals surface area contributed by atoms with Crippen molar-refractivity contribution < 1.29 is 10.0 Å². The summed E-state index contributed by atoms with van der Waals surface area (Å²) in [5.41, 5.74) is 8.24. The predicted octanol–water partition coefficient (Wildman–Crippen LogP) is 4.04. The molecule has 0 radical (unpaired) electrons. The van der Waals surface area contributed by atoms with Crippen molar-refractivity contribution in [3.05, 3.63) is 76.6 Å². The zero-order valence-corrected chi connectivity index (χ0v) is 14.0. The third kappa shape index (κ3) is 2.70. The molecule has 124 valence electrons. The molecule has 25 heavy (non-hydrogen) atoms. The lowest BCUT2D eigenvalue weighted by Gasteiger charge is -2.10. The van der Waals surface area contributed by atoms with Gasteiger partial charge in [-0.05, 0) is 71.4 Å². The quantitative estimate of drug-likeness (QED) is 0.682. The lowest BCUT2D eigenvalue weighted by atomic mass is 9.94. The van der Waals surface area contributed by atoms with Crippen LogP contribution < -0.4 is 0 Å². The highest BCUT2D eigenvalue weighted by Crippen LogP contribution is 2.40. The fourth-order valence-corrected chi connectivity index (χ4v) is 3.63. The van der Waals surface area contributed by atoms with E-state index in [0.29, 0.717) is 6.42 Å². The lowest BCUT2D eigenvalue weighted by molar-refractivity contribution is -0.113. The second kappa shape index (κ2) is 6.13. The molecular weight excluding hydrogens is 312 g/mol. The highest BCUT2D eigenvalue weighted by molar-refractivity contribution is 6.09. The Labute approximate surface area is 146 Å². The van der Waals surface area contributed by atoms with Gasteiger partial charge in [0.1, 0.15) is 0 Å². The molecule has 1 aromatic heterocycles. The van der Waals surface area contributed by atoms with Gasteiger partial charge in [-0.15, -0.1) is 0 Å². The number of carbonyl (C=O) groups excluding carboxylic acids is 1. The molecule has 1 N–H and O–H groups in total. The first-order chi connectivity index (χ1) is 12.2. The third-order valence-electron chi connectivity index (χ3n) is 4.97. The van der Waals surface area contributed by atoms with Crippen LogP contribution in [0.3, 0.4) is 0 Å². The van der Waals surface area contributed by atoms with Gasteiger partial charge in [-0.1, -0.05) is 23.4 Å². The van der Waals surface area contributed by atoms with Crippen LogP contribution in [0, 0.1) is 0 Å². The van der Waals surface area contributed by atoms with Crippen molar-refractivity contribution in [1.82, 2.24) is 4.98 Å². The Morgan fingerprint density at radius 1 is 1.12 bits per heavy atom. The number of oxime groups is 1. The van der Waals surface area contributed by atoms with Crippen molar-refractivity contribution in [2.24, 2.45) is 5.16 Å². The zero-order chi connectivity index (χ0) is 17.4. The lowest BCUT2D eigenvalue weighted by Crippen LogP contribution is -1.96. The average Bonchev–Trinajstić information content (AvgIpc) is 3.26. The summed E-state index contributed by atoms with van der Waals surface area (Å²) in [6.45, 7) is 1.62. The van der Waals surface area contributed by atoms with Crippen molar-refractivity contribution in [1.29, 1.82) is 0 Å². The highest BCUT2D eigenvalue weighted by atomic mass is 16.4. The van der Waals surface area contributed by atoms with E-state index in [0.717, 1.165) is 52.0 Å². The maximum Gasteiger partial charge on any atom is 0.156 e. The molecule has 1 aromatic carbocycles. The Morgan fingerprint density at radius 2 is 1.92 bits per heavy atom. The number of aryl methyl sites for hydroxylation is 1. The normalized spacial score (nSPS) is 17.8. The van der Waals surface area contributed by atoms with Gasteiger partial charge in [0.05, 0.1) is 5.71 Å². The topological polar surface area (TPSA) is 62.5 Å². The van der Waals surface area contributed by atoms with E-state index in [4.69, 9.17) is 5.21 Å². The van der Waals surface area contributed by atoms with Gasteiger partial charge < -0.3 is 5.21 Å². The van der Waals surface area contributed by atoms with Gasteiger partial charge in [-0.25, -0.2) is 0 Å². The molecular formula is C21H18N2O2. The van der Waals surface area contributed by atoms with Crippen molar-refractivity contribution >= 4 is 22.6 Å². The summed E-state index contributed by atoms with van der Waals surface area (Å²) >= 11 is 0. The SMILES string of the molecule is CC(=O)C1=CC(c2ccncc2)=C(c2ccc3c(c2)CC/C3=N/O)C1. The van der Waals surface area contributed by atoms with Gasteiger partial charge in [-0.2, -0.15) is 0 Å². The number of hydrogen-bond acceptors (Lipinski definition) is 4. The summed E-state index contributed by atoms with van der Waals surface area (Å²) in [7, 11) is 0. The number of Topliss-reactive ketones (excluding diaryl/α,β-unsaturated/α-hetero) is 1. The standard InChI is InChI=1S/C21H18N2O2/c1-13(24)17-11-19(14-6-8-22-9-7-14)20(12-17)16-2-4-18-15(10-16)3-5-21(18)23-25/h2,4,6-11,25H,3,5,12H2,1H3/b23-21-. The number of nitrogens with zero attached hydrogens (tertiary/aromatic N) is 2. The van der Waals surface area contributed by atoms with E-state index < -0.39 is 0 Å². The first-order valence-electron chi connectivity index (χ1n) is 8.37. The van der Waals surface area contributed by atoms with Crippen molar-refractivity contribution in [2.45, 2.75) is 26.2 Å². The number of pyridine rings is 1. The van der Waals surface area contributed by atoms with E-state index in [9.17, 15) is 4.79 Å². The number of hydrogen-bond donors (Lipinski definition) is 1. The van der Waals surface area contributed by atoms with Crippen LogP contribution in [0.5, 0.6) is 0 Å². The molecule has 0 saturated heterocycles. The van der Waals surface area contributed by atoms with Crippen molar-refractivity contribution in [3.63, 3.8) is 0 Å². The second-order valence-electron chi connectivity index (χ2n) is 6.45. The van der Waals surface area contributed by atoms with E-state index in [1.54, 1.807) is 19.3 Å². The number of rotatable bonds is 3. The molecule has 0 unspecified atom stereocenters. The van der Waals surface area contributed by atoms with E-state index in [1.165, 1.54) is 5.56 Å². The molecule has 0 bridgehead atoms. The second-order valence-corrected chi connectivity index (χ2v) is 6.45. The van der Waals surface area contributed by atoms with E-state index in [-0.39, 0.29) is 5.78 Å². The minimum absolute atomic E-state index is 0.109. The average molecular weight is 330 g/mol. The molecule has 0 aliphatic heterocycles. The van der Waals surface area contributed by atoms with Gasteiger partial charge >= 0.3 is 0 Å². The molecule has 4 rings (SSSR count). The number of benzene rings is 1. The molecule has 2 aliphatic rings. The number of ketones is 1. The number of allylic oxidation sites excluding steroid dienone is 4. The Hall–Kier alpha value is -3.01. The van der Waals surface area contributed by atoms with E-state index in [2.05, 4.69) is 22.3 Å². The number of aromatic nitrogens is 1. The Morgan fingerprint density at radius 3 is 2.64 bits per heavy atom. The third-order valence-corrected chi connectivity index (χ3v) is 4.97. The predicted molar refractivity (Wildman–Crippen MR) is 97.5 cm³/mol. The van der Waals surface area contributed by atoms with Crippen LogP contribution in [-0.2, 0) is 11.2 Å². The van der Waals surface area contributed by atoms with Gasteiger partial charge in [0.25, 0.3) is 0 Å². The molecule has 0 saturated carbocycles. The zero-order valence-electron chi connectivity index (χ0n) is 14.0. The fourth-order valence-electron chi connectivity index (χ4n) is 3.63. The first-order valence-corrected chi connectivity index (χ1v) is 8.37. The molecule has 2 aliphatic carbocycles. The smallest absolute Gasteiger partial charge is 0.156 e. The van der Waals surface area contributed by atoms with Crippen LogP contribution in [0.25, 0.3) is 11.1 Å². The van der Waals surface area contributed by atoms with Gasteiger partial charge in [0.15, 0.2) is 5.78 Å². The van der Waals surface area contributed by atoms with E-state index >= 15 is 0 Å². The summed E-state index contributed by atoms with van der Waals surface area (Å²) in [5, 5.41) is 12.5. The van der Waals surface area contributed by atoms with Gasteiger partial charge in [-0.3, -0.25) is 9.78 Å². The number of fused-ring (bicyclic) bond motifs is 1. The van der Waals surface area contributed by atoms with Crippen molar-refractivity contribution in [3.8, 4) is 0 Å². The van der Waals surface area contributed by atoms with Gasteiger partial charge in [0.2, 0.25) is 0 Å². The van der Waals surface area contributed by atoms with Crippen LogP contribution in [-0.4, -0.2) is 21.7 Å². The highest BCUT2D eigenvalue weighted by Gasteiger charge is 2.24. The largest absolute Gasteiger partial charge is 0.411 e. The van der Waals surface area contributed by atoms with Crippen molar-refractivity contribution in [2.75, 3.05) is 0 Å². The molecule has 4 nitrogen and oxygen atoms in total. The molecule has 2 aromatic rings. The van der Waals surface area contributed by atoms with Crippen LogP contribution in [0.4, 0.5) is 0 Å². The Bertz CT molecular complexity index is 953. The van der Waals surface area contributed by atoms with E-state index in [1.807, 2.05) is 24.3 Å². The molecule has 0 atom stereocenters. The summed E-state index contributed by atoms with van der Waals surface area (Å²) in [4.78, 5) is 16.0. The number of carbonyl (C=O) groups is 1. The summed E-state index contributed by atoms with van der Waals surface area (Å²) < 4.78 is 0. The molecule has 0 fully saturated rings. The maximum absolute atomic E-state index is 11.9. The molecule has 1 heterocycles. The monoisotopic (exact) mass is 330 g/mol. The minimum Gasteiger partial charge on any atom is -0.411 e. The molecule has 4 heteroatoms. The van der Waals surface area contributed by atoms with Gasteiger partial charge in [0, 0.05) is 24.4 Å². The van der Waals surface area contributed by atoms with Crippen LogP contribution in [0.1, 0.15) is 42.0 Å². The maximum atomic E-state index is 11.9. The van der Waals surface area contributed by atoms with Crippen LogP contribution in [0.15, 0.2) is 59.5 Å². The summed E-state index contributed by atoms with van der Waals surface area (Å²) in [6.07, 6.45) is 7.84. The summed E-state index contributed by atoms with van der Waals surface area (Å²) in [5.74, 6) is 0.109. The Balaban J connectivity index is 1.82. The Kier molecular flexibility index (Phi) is 3.80. The first kappa shape index (κ1) is 15.5. The molecule has 0 spiro atoms. The van der Waals surface area contributed by atoms with Crippen LogP contribution >= 0.6 is 0 Å². The van der Waals surface area contributed by atoms with Crippen LogP contribution in [0.2, 0.25) is 0 Å². The molecule has 0 amide bonds.